The van der Waals surface area contributed by atoms with E-state index < -0.39 is 64.4 Å². The molecule has 0 saturated heterocycles. The van der Waals surface area contributed by atoms with Crippen molar-refractivity contribution >= 4 is 52.7 Å². The van der Waals surface area contributed by atoms with Crippen molar-refractivity contribution < 1.29 is 56.2 Å². The summed E-state index contributed by atoms with van der Waals surface area (Å²) in [5.74, 6) is -3.22. The number of alkyl halides is 3. The highest BCUT2D eigenvalue weighted by Gasteiger charge is 2.49. The monoisotopic (exact) mass is 588 g/mol. The molecule has 0 bridgehead atoms. The molecule has 0 atom stereocenters. The van der Waals surface area contributed by atoms with Gasteiger partial charge in [0.15, 0.2) is 5.75 Å². The van der Waals surface area contributed by atoms with E-state index in [4.69, 9.17) is 4.42 Å². The van der Waals surface area contributed by atoms with Gasteiger partial charge in [-0.2, -0.15) is 25.3 Å². The van der Waals surface area contributed by atoms with E-state index in [0.717, 1.165) is 12.1 Å². The summed E-state index contributed by atoms with van der Waals surface area (Å²) in [5.41, 5.74) is -7.89. The van der Waals surface area contributed by atoms with Crippen LogP contribution < -0.4 is 13.2 Å². The molecule has 18 heteroatoms. The number of nitrogens with zero attached hydrogens (tertiary/aromatic N) is 1. The number of furan rings is 1. The van der Waals surface area contributed by atoms with Crippen LogP contribution in [0, 0.1) is 5.82 Å². The van der Waals surface area contributed by atoms with E-state index >= 15 is 0 Å². The molecular weight excluding hydrogens is 572 g/mol. The van der Waals surface area contributed by atoms with E-state index in [1.165, 1.54) is 19.2 Å². The van der Waals surface area contributed by atoms with Gasteiger partial charge in [0.05, 0.1) is 18.1 Å². The second kappa shape index (κ2) is 9.18. The van der Waals surface area contributed by atoms with Crippen LogP contribution in [0.25, 0.3) is 22.3 Å². The van der Waals surface area contributed by atoms with Crippen molar-refractivity contribution in [3.63, 3.8) is 0 Å². The van der Waals surface area contributed by atoms with Crippen LogP contribution in [0.4, 0.5) is 23.2 Å². The van der Waals surface area contributed by atoms with Crippen molar-refractivity contribution in [2.24, 2.45) is 0 Å². The fourth-order valence-electron chi connectivity index (χ4n) is 3.25. The van der Waals surface area contributed by atoms with Gasteiger partial charge in [0.25, 0.3) is 5.91 Å². The number of anilines is 1. The molecule has 37 heavy (non-hydrogen) atoms. The lowest BCUT2D eigenvalue weighted by atomic mass is 10.0. The van der Waals surface area contributed by atoms with Gasteiger partial charge < -0.3 is 13.9 Å². The molecule has 0 radical (unpaired) electrons. The number of amides is 1. The molecule has 3 rings (SSSR count). The van der Waals surface area contributed by atoms with E-state index in [0.29, 0.717) is 24.6 Å². The molecule has 1 amide bonds. The van der Waals surface area contributed by atoms with Crippen molar-refractivity contribution in [2.45, 2.75) is 5.51 Å². The second-order valence-electron chi connectivity index (χ2n) is 7.41. The molecule has 1 N–H and O–H groups in total. The van der Waals surface area contributed by atoms with Crippen LogP contribution >= 0.6 is 0 Å². The quantitative estimate of drug-likeness (QED) is 0.249. The Morgan fingerprint density at radius 2 is 1.51 bits per heavy atom. The minimum atomic E-state index is -6.44. The summed E-state index contributed by atoms with van der Waals surface area (Å²) in [6, 6.07) is 5.47. The fraction of sp³-hybridized carbons (Fsp3) is 0.211. The summed E-state index contributed by atoms with van der Waals surface area (Å²) in [5, 5.41) is 1.87. The lowest BCUT2D eigenvalue weighted by Gasteiger charge is -2.22. The molecular formula is C19H16F4N2O9S3. The third-order valence-corrected chi connectivity index (χ3v) is 8.80. The second-order valence-corrected chi connectivity index (χ2v) is 12.8. The van der Waals surface area contributed by atoms with Crippen LogP contribution in [0.2, 0.25) is 0 Å². The van der Waals surface area contributed by atoms with Gasteiger partial charge in [0.1, 0.15) is 22.8 Å². The topological polar surface area (TPSA) is 157 Å². The Balaban J connectivity index is 2.50. The average Bonchev–Trinajstić information content (AvgIpc) is 3.09. The molecule has 0 spiro atoms. The molecule has 11 nitrogen and oxygen atoms in total. The summed E-state index contributed by atoms with van der Waals surface area (Å²) < 4.78 is 135. The van der Waals surface area contributed by atoms with Crippen molar-refractivity contribution in [3.05, 3.63) is 47.8 Å². The molecule has 0 unspecified atom stereocenters. The van der Waals surface area contributed by atoms with Crippen LogP contribution in [0.1, 0.15) is 10.4 Å². The molecule has 0 fully saturated rings. The summed E-state index contributed by atoms with van der Waals surface area (Å²) in [6.45, 7) is 0. The van der Waals surface area contributed by atoms with Crippen LogP contribution in [0.3, 0.4) is 0 Å². The molecule has 2 aromatic carbocycles. The van der Waals surface area contributed by atoms with E-state index in [1.54, 1.807) is 0 Å². The van der Waals surface area contributed by atoms with Gasteiger partial charge >= 0.3 is 15.6 Å². The first-order valence-electron chi connectivity index (χ1n) is 9.57. The number of nitrogens with one attached hydrogen (secondary N) is 1. The van der Waals surface area contributed by atoms with Gasteiger partial charge in [-0.05, 0) is 30.3 Å². The number of carbonyl (C=O) groups excluding carboxylic acids is 1. The molecule has 0 aliphatic carbocycles. The number of benzene rings is 2. The Labute approximate surface area is 207 Å². The number of halogens is 4. The highest BCUT2D eigenvalue weighted by atomic mass is 32.3. The zero-order valence-corrected chi connectivity index (χ0v) is 21.3. The lowest BCUT2D eigenvalue weighted by molar-refractivity contribution is -0.0499. The smallest absolute Gasteiger partial charge is 0.455 e. The third-order valence-electron chi connectivity index (χ3n) is 4.61. The third kappa shape index (κ3) is 5.49. The highest BCUT2D eigenvalue weighted by molar-refractivity contribution is 8.09. The number of rotatable bonds is 7. The molecule has 3 aromatic rings. The van der Waals surface area contributed by atoms with Gasteiger partial charge in [-0.25, -0.2) is 21.2 Å². The average molecular weight is 589 g/mol. The van der Waals surface area contributed by atoms with Crippen LogP contribution in [0.5, 0.6) is 5.75 Å². The zero-order valence-electron chi connectivity index (χ0n) is 18.8. The summed E-state index contributed by atoms with van der Waals surface area (Å²) in [4.78, 5) is 12.7. The highest BCUT2D eigenvalue weighted by Crippen LogP contribution is 2.43. The maximum absolute atomic E-state index is 13.4. The number of hydrogen-bond donors (Lipinski definition) is 1. The van der Waals surface area contributed by atoms with E-state index in [9.17, 15) is 47.6 Å². The summed E-state index contributed by atoms with van der Waals surface area (Å²) >= 11 is 0. The van der Waals surface area contributed by atoms with Crippen molar-refractivity contribution in [2.75, 3.05) is 23.3 Å². The Bertz CT molecular complexity index is 1680. The molecule has 1 aromatic heterocycles. The first-order valence-corrected chi connectivity index (χ1v) is 14.7. The van der Waals surface area contributed by atoms with E-state index in [-0.39, 0.29) is 26.0 Å². The van der Waals surface area contributed by atoms with Crippen LogP contribution in [-0.2, 0) is 30.2 Å². The first kappa shape index (κ1) is 28.2. The van der Waals surface area contributed by atoms with Crippen molar-refractivity contribution in [3.8, 4) is 17.1 Å². The number of sulfonamides is 2. The molecule has 0 aliphatic heterocycles. The first-order chi connectivity index (χ1) is 16.8. The maximum Gasteiger partial charge on any atom is 0.534 e. The SMILES string of the molecule is CNC(=O)c1c(-c2ccc(F)cc2)oc2cc(N(S(C)(=O)=O)S(C)(=O)=O)c(OS(=O)(=O)C(F)(F)F)cc12. The van der Waals surface area contributed by atoms with Crippen molar-refractivity contribution in [1.29, 1.82) is 0 Å². The number of fused-ring (bicyclic) bond motifs is 1. The van der Waals surface area contributed by atoms with Gasteiger partial charge in [-0.3, -0.25) is 4.79 Å². The molecule has 202 valence electrons. The van der Waals surface area contributed by atoms with E-state index in [1.807, 2.05) is 0 Å². The number of hydrogen-bond acceptors (Lipinski definition) is 9. The Morgan fingerprint density at radius 1 is 0.973 bits per heavy atom. The Morgan fingerprint density at radius 3 is 1.97 bits per heavy atom. The minimum Gasteiger partial charge on any atom is -0.455 e. The van der Waals surface area contributed by atoms with Crippen molar-refractivity contribution in [1.82, 2.24) is 5.32 Å². The standard InChI is InChI=1S/C19H16F4N2O9S3/c1-24-18(26)16-12-8-15(34-37(31,32)19(21,22)23)13(25(35(2,27)28)36(3,29)30)9-14(12)33-17(16)10-4-6-11(20)7-5-10/h4-9H,1-3H3,(H,24,26). The maximum atomic E-state index is 13.4. The van der Waals surface area contributed by atoms with Crippen LogP contribution in [0.15, 0.2) is 40.8 Å². The Hall–Kier alpha value is -3.38. The van der Waals surface area contributed by atoms with Crippen LogP contribution in [-0.4, -0.2) is 56.2 Å². The zero-order chi connectivity index (χ0) is 28.1. The predicted octanol–water partition coefficient (Wildman–Crippen LogP) is 2.55. The number of carbonyl (C=O) groups is 1. The molecule has 0 aliphatic rings. The van der Waals surface area contributed by atoms with Gasteiger partial charge in [-0.1, -0.05) is 0 Å². The largest absolute Gasteiger partial charge is 0.534 e. The molecule has 1 heterocycles. The van der Waals surface area contributed by atoms with Gasteiger partial charge in [0, 0.05) is 24.1 Å². The Kier molecular flexibility index (Phi) is 6.99. The minimum absolute atomic E-state index is 0.0891. The summed E-state index contributed by atoms with van der Waals surface area (Å²) in [6.07, 6.45) is 0.782. The van der Waals surface area contributed by atoms with Gasteiger partial charge in [0.2, 0.25) is 20.0 Å². The van der Waals surface area contributed by atoms with Gasteiger partial charge in [-0.15, -0.1) is 0 Å². The summed E-state index contributed by atoms with van der Waals surface area (Å²) in [7, 11) is -14.9. The predicted molar refractivity (Wildman–Crippen MR) is 123 cm³/mol. The fourth-order valence-corrected chi connectivity index (χ4v) is 6.68. The molecule has 0 saturated carbocycles. The van der Waals surface area contributed by atoms with E-state index in [2.05, 4.69) is 9.50 Å². The normalized spacial score (nSPS) is 12.9. The lowest BCUT2D eigenvalue weighted by Crippen LogP contribution is -2.36.